The average molecular weight is 545 g/mol. The maximum Gasteiger partial charge on any atom is 0.164 e. The molecular weight excluding hydrogens is 520 g/mol. The van der Waals surface area contributed by atoms with Gasteiger partial charge in [-0.3, -0.25) is 0 Å². The van der Waals surface area contributed by atoms with Gasteiger partial charge < -0.3 is 9.97 Å². The van der Waals surface area contributed by atoms with Crippen LogP contribution in [0.2, 0.25) is 0 Å². The van der Waals surface area contributed by atoms with Gasteiger partial charge in [-0.15, -0.1) is 0 Å². The first-order chi connectivity index (χ1) is 20.6. The molecule has 0 aliphatic carbocycles. The molecule has 0 atom stereocenters. The number of hydrogen-bond acceptors (Lipinski definition) is 6. The minimum absolute atomic E-state index is 0.573. The van der Waals surface area contributed by atoms with Crippen LogP contribution in [0.4, 0.5) is 0 Å². The van der Waals surface area contributed by atoms with Crippen LogP contribution in [0.25, 0.3) is 79.0 Å². The molecule has 0 saturated heterocycles. The third-order valence-electron chi connectivity index (χ3n) is 7.60. The zero-order chi connectivity index (χ0) is 28.2. The zero-order valence-corrected chi connectivity index (χ0v) is 22.9. The largest absolute Gasteiger partial charge is 0.330 e. The number of benzene rings is 4. The third kappa shape index (κ3) is 3.92. The van der Waals surface area contributed by atoms with E-state index in [4.69, 9.17) is 29.9 Å². The van der Waals surface area contributed by atoms with E-state index in [2.05, 4.69) is 48.1 Å². The lowest BCUT2D eigenvalue weighted by Crippen LogP contribution is -1.91. The first kappa shape index (κ1) is 24.1. The predicted molar refractivity (Wildman–Crippen MR) is 165 cm³/mol. The molecule has 2 aliphatic heterocycles. The van der Waals surface area contributed by atoms with Crippen molar-refractivity contribution in [1.29, 1.82) is 0 Å². The van der Waals surface area contributed by atoms with Gasteiger partial charge >= 0.3 is 0 Å². The second kappa shape index (κ2) is 9.42. The molecule has 6 aromatic rings. The number of H-pyrrole nitrogens is 2. The van der Waals surface area contributed by atoms with Crippen LogP contribution in [0.3, 0.4) is 0 Å². The van der Waals surface area contributed by atoms with E-state index in [1.807, 2.05) is 66.7 Å². The Kier molecular flexibility index (Phi) is 5.40. The molecule has 8 rings (SSSR count). The van der Waals surface area contributed by atoms with E-state index in [1.165, 1.54) is 0 Å². The number of aryl methyl sites for hydroxylation is 2. The molecule has 8 nitrogen and oxygen atoms in total. The number of aromatic nitrogens is 8. The number of rotatable bonds is 1. The zero-order valence-electron chi connectivity index (χ0n) is 22.9. The van der Waals surface area contributed by atoms with Crippen molar-refractivity contribution in [2.75, 3.05) is 0 Å². The van der Waals surface area contributed by atoms with E-state index in [0.29, 0.717) is 40.4 Å². The summed E-state index contributed by atoms with van der Waals surface area (Å²) in [6.45, 7) is 4.13. The van der Waals surface area contributed by atoms with Crippen LogP contribution in [0.15, 0.2) is 97.3 Å². The summed E-state index contributed by atoms with van der Waals surface area (Å²) in [5, 5.41) is 1.90. The van der Waals surface area contributed by atoms with Gasteiger partial charge in [0.25, 0.3) is 0 Å². The molecule has 0 spiro atoms. The highest BCUT2D eigenvalue weighted by atomic mass is 15.0. The Morgan fingerprint density at radius 1 is 0.500 bits per heavy atom. The van der Waals surface area contributed by atoms with Crippen molar-refractivity contribution < 1.29 is 0 Å². The first-order valence-corrected chi connectivity index (χ1v) is 13.7. The van der Waals surface area contributed by atoms with Crippen molar-refractivity contribution in [3.63, 3.8) is 0 Å². The lowest BCUT2D eigenvalue weighted by atomic mass is 10.1. The summed E-state index contributed by atoms with van der Waals surface area (Å²) in [7, 11) is 0. The Labute approximate surface area is 241 Å². The Hall–Kier alpha value is -5.76. The molecule has 200 valence electrons. The van der Waals surface area contributed by atoms with Crippen LogP contribution in [-0.2, 0) is 0 Å². The van der Waals surface area contributed by atoms with Crippen LogP contribution >= 0.6 is 0 Å². The van der Waals surface area contributed by atoms with Gasteiger partial charge in [0.15, 0.2) is 23.3 Å². The topological polar surface area (TPSA) is 109 Å². The standard InChI is InChI=1S/C34H24N8/c1-19-15-16-26-27(17-19)34-41-32-25-14-8-7-13-24(25)31(40-32)39-30-23-12-6-5-11-22(23)29(38-30)36-18-35-28(37-33(26)42-34)21-10-4-3-9-20(21)2/h3-18H,1-2H3,(H2,35,36,37,38,39,40,41,42). The summed E-state index contributed by atoms with van der Waals surface area (Å²) in [6.07, 6.45) is 1.64. The van der Waals surface area contributed by atoms with Crippen molar-refractivity contribution in [3.8, 4) is 56.9 Å². The van der Waals surface area contributed by atoms with E-state index in [0.717, 1.165) is 49.7 Å². The summed E-state index contributed by atoms with van der Waals surface area (Å²) < 4.78 is 0. The Morgan fingerprint density at radius 3 is 1.81 bits per heavy atom. The van der Waals surface area contributed by atoms with Crippen LogP contribution in [0.5, 0.6) is 0 Å². The molecule has 0 unspecified atom stereocenters. The molecule has 4 heterocycles. The SMILES string of the molecule is Cc1ccc2c(c1)-c1nc-2nc(-c2ccccc2C)[nH]cnc2nc(nc3[nH]c(n1)c1ccccc31)-c1ccccc1-2. The first-order valence-electron chi connectivity index (χ1n) is 13.7. The van der Waals surface area contributed by atoms with Gasteiger partial charge in [0.2, 0.25) is 0 Å². The van der Waals surface area contributed by atoms with Crippen LogP contribution < -0.4 is 0 Å². The minimum Gasteiger partial charge on any atom is -0.330 e. The van der Waals surface area contributed by atoms with Crippen LogP contribution in [-0.4, -0.2) is 39.9 Å². The van der Waals surface area contributed by atoms with Crippen molar-refractivity contribution in [1.82, 2.24) is 39.9 Å². The molecule has 6 bridgehead atoms. The third-order valence-corrected chi connectivity index (χ3v) is 7.60. The fourth-order valence-electron chi connectivity index (χ4n) is 5.51. The summed E-state index contributed by atoms with van der Waals surface area (Å²) in [6, 6.07) is 30.4. The molecule has 4 aromatic carbocycles. The van der Waals surface area contributed by atoms with Gasteiger partial charge in [0.1, 0.15) is 17.1 Å². The maximum absolute atomic E-state index is 5.06. The summed E-state index contributed by atoms with van der Waals surface area (Å²) in [5.41, 5.74) is 8.19. The number of fused-ring (bicyclic) bond motifs is 15. The highest BCUT2D eigenvalue weighted by molar-refractivity contribution is 6.04. The summed E-state index contributed by atoms with van der Waals surface area (Å²) >= 11 is 0. The van der Waals surface area contributed by atoms with Gasteiger partial charge in [-0.2, -0.15) is 0 Å². The number of hydrogen-bond donors (Lipinski definition) is 2. The van der Waals surface area contributed by atoms with E-state index >= 15 is 0 Å². The molecule has 0 radical (unpaired) electrons. The molecule has 2 aliphatic rings. The number of aromatic amines is 2. The van der Waals surface area contributed by atoms with Gasteiger partial charge in [-0.05, 0) is 25.5 Å². The molecule has 0 amide bonds. The van der Waals surface area contributed by atoms with Crippen molar-refractivity contribution >= 4 is 22.1 Å². The van der Waals surface area contributed by atoms with Gasteiger partial charge in [-0.25, -0.2) is 29.9 Å². The highest BCUT2D eigenvalue weighted by Crippen LogP contribution is 2.36. The van der Waals surface area contributed by atoms with E-state index in [1.54, 1.807) is 6.33 Å². The van der Waals surface area contributed by atoms with Crippen LogP contribution in [0.1, 0.15) is 11.1 Å². The Balaban J connectivity index is 1.53. The number of nitrogens with zero attached hydrogens (tertiary/aromatic N) is 6. The molecule has 0 fully saturated rings. The predicted octanol–water partition coefficient (Wildman–Crippen LogP) is 7.41. The fraction of sp³-hybridized carbons (Fsp3) is 0.0588. The van der Waals surface area contributed by atoms with E-state index in [-0.39, 0.29) is 0 Å². The molecule has 2 aromatic heterocycles. The fourth-order valence-corrected chi connectivity index (χ4v) is 5.51. The second-order valence-electron chi connectivity index (χ2n) is 10.4. The summed E-state index contributed by atoms with van der Waals surface area (Å²) in [4.78, 5) is 36.4. The summed E-state index contributed by atoms with van der Waals surface area (Å²) in [5.74, 6) is 2.96. The van der Waals surface area contributed by atoms with E-state index in [9.17, 15) is 0 Å². The van der Waals surface area contributed by atoms with Crippen molar-refractivity contribution in [2.45, 2.75) is 13.8 Å². The molecular formula is C34H24N8. The van der Waals surface area contributed by atoms with Crippen LogP contribution in [0, 0.1) is 13.8 Å². The van der Waals surface area contributed by atoms with Gasteiger partial charge in [0, 0.05) is 38.6 Å². The lowest BCUT2D eigenvalue weighted by Gasteiger charge is -2.04. The molecule has 2 N–H and O–H groups in total. The normalized spacial score (nSPS) is 11.6. The minimum atomic E-state index is 0.573. The monoisotopic (exact) mass is 544 g/mol. The maximum atomic E-state index is 5.06. The smallest absolute Gasteiger partial charge is 0.164 e. The average Bonchev–Trinajstić information content (AvgIpc) is 3.65. The number of nitrogens with one attached hydrogen (secondary N) is 2. The lowest BCUT2D eigenvalue weighted by molar-refractivity contribution is 1.11. The Morgan fingerprint density at radius 2 is 1.07 bits per heavy atom. The molecule has 8 heteroatoms. The van der Waals surface area contributed by atoms with Crippen molar-refractivity contribution in [3.05, 3.63) is 108 Å². The molecule has 42 heavy (non-hydrogen) atoms. The van der Waals surface area contributed by atoms with Crippen molar-refractivity contribution in [2.24, 2.45) is 0 Å². The molecule has 0 saturated carbocycles. The van der Waals surface area contributed by atoms with E-state index < -0.39 is 0 Å². The highest BCUT2D eigenvalue weighted by Gasteiger charge is 2.21. The van der Waals surface area contributed by atoms with Gasteiger partial charge in [0.05, 0.1) is 6.33 Å². The quantitative estimate of drug-likeness (QED) is 0.223. The second-order valence-corrected chi connectivity index (χ2v) is 10.4. The van der Waals surface area contributed by atoms with Gasteiger partial charge in [-0.1, -0.05) is 90.5 Å². The Bertz CT molecular complexity index is 2240.